The maximum Gasteiger partial charge on any atom is 0.341 e. The molecule has 0 radical (unpaired) electrons. The van der Waals surface area contributed by atoms with Crippen LogP contribution in [0.25, 0.3) is 0 Å². The van der Waals surface area contributed by atoms with Gasteiger partial charge >= 0.3 is 5.97 Å². The second-order valence-electron chi connectivity index (χ2n) is 5.10. The van der Waals surface area contributed by atoms with Crippen LogP contribution in [0.1, 0.15) is 42.2 Å². The summed E-state index contributed by atoms with van der Waals surface area (Å²) in [6, 6.07) is 5.78. The molecule has 0 fully saturated rings. The number of rotatable bonds is 7. The topological polar surface area (TPSA) is 57.0 Å². The first kappa shape index (κ1) is 15.2. The van der Waals surface area contributed by atoms with Crippen molar-refractivity contribution in [3.63, 3.8) is 0 Å². The zero-order valence-corrected chi connectivity index (χ0v) is 12.5. The van der Waals surface area contributed by atoms with E-state index in [2.05, 4.69) is 17.0 Å². The largest absolute Gasteiger partial charge is 0.458 e. The molecule has 0 spiro atoms. The van der Waals surface area contributed by atoms with Gasteiger partial charge in [-0.1, -0.05) is 25.8 Å². The molecule has 2 rings (SSSR count). The van der Waals surface area contributed by atoms with Crippen molar-refractivity contribution < 1.29 is 9.53 Å². The zero-order valence-electron chi connectivity index (χ0n) is 12.5. The number of carbonyl (C=O) groups is 1. The van der Waals surface area contributed by atoms with Crippen molar-refractivity contribution in [1.82, 2.24) is 14.8 Å². The van der Waals surface area contributed by atoms with E-state index in [0.29, 0.717) is 12.0 Å². The first-order valence-electron chi connectivity index (χ1n) is 7.28. The Bertz CT molecular complexity index is 566. The molecule has 2 aromatic heterocycles. The fraction of sp³-hybridized carbons (Fsp3) is 0.438. The Balaban J connectivity index is 2.00. The highest BCUT2D eigenvalue weighted by Crippen LogP contribution is 2.13. The van der Waals surface area contributed by atoms with Crippen LogP contribution in [0.15, 0.2) is 36.8 Å². The fourth-order valence-electron chi connectivity index (χ4n) is 2.13. The van der Waals surface area contributed by atoms with Crippen molar-refractivity contribution in [2.45, 2.75) is 38.7 Å². The molecule has 1 atom stereocenters. The third-order valence-electron chi connectivity index (χ3n) is 3.26. The first-order chi connectivity index (χ1) is 10.2. The number of nitrogens with zero attached hydrogens (tertiary/aromatic N) is 3. The van der Waals surface area contributed by atoms with Gasteiger partial charge in [-0.25, -0.2) is 4.79 Å². The molecule has 0 unspecified atom stereocenters. The van der Waals surface area contributed by atoms with Gasteiger partial charge in [0.1, 0.15) is 6.10 Å². The summed E-state index contributed by atoms with van der Waals surface area (Å²) in [5, 5.41) is 3.99. The Labute approximate surface area is 125 Å². The van der Waals surface area contributed by atoms with E-state index in [0.717, 1.165) is 25.0 Å². The molecule has 0 aliphatic carbocycles. The van der Waals surface area contributed by atoms with Gasteiger partial charge in [0.2, 0.25) is 0 Å². The number of hydrogen-bond donors (Lipinski definition) is 0. The van der Waals surface area contributed by atoms with E-state index >= 15 is 0 Å². The van der Waals surface area contributed by atoms with E-state index in [1.807, 2.05) is 18.2 Å². The molecular formula is C16H21N3O2. The van der Waals surface area contributed by atoms with E-state index in [1.54, 1.807) is 24.1 Å². The SMILES string of the molecule is CCCC[C@@H](Cc1ccccn1)OC(=O)c1cnn(C)c1. The van der Waals surface area contributed by atoms with E-state index in [1.165, 1.54) is 6.20 Å². The second kappa shape index (κ2) is 7.57. The van der Waals surface area contributed by atoms with Crippen LogP contribution in [0.4, 0.5) is 0 Å². The summed E-state index contributed by atoms with van der Waals surface area (Å²) in [5.41, 5.74) is 1.43. The summed E-state index contributed by atoms with van der Waals surface area (Å²) in [6.45, 7) is 2.13. The number of esters is 1. The third kappa shape index (κ3) is 4.70. The molecule has 2 heterocycles. The van der Waals surface area contributed by atoms with Crippen LogP contribution >= 0.6 is 0 Å². The Morgan fingerprint density at radius 3 is 2.90 bits per heavy atom. The molecule has 0 N–H and O–H groups in total. The predicted octanol–water partition coefficient (Wildman–Crippen LogP) is 2.77. The minimum atomic E-state index is -0.319. The lowest BCUT2D eigenvalue weighted by molar-refractivity contribution is 0.0276. The monoisotopic (exact) mass is 287 g/mol. The van der Waals surface area contributed by atoms with Gasteiger partial charge in [0.25, 0.3) is 0 Å². The van der Waals surface area contributed by atoms with E-state index in [9.17, 15) is 4.79 Å². The Kier molecular flexibility index (Phi) is 5.49. The summed E-state index contributed by atoms with van der Waals surface area (Å²) in [4.78, 5) is 16.4. The van der Waals surface area contributed by atoms with Crippen LogP contribution < -0.4 is 0 Å². The van der Waals surface area contributed by atoms with E-state index in [4.69, 9.17) is 4.74 Å². The van der Waals surface area contributed by atoms with Crippen LogP contribution in [0.3, 0.4) is 0 Å². The number of unbranched alkanes of at least 4 members (excludes halogenated alkanes) is 1. The lowest BCUT2D eigenvalue weighted by Crippen LogP contribution is -2.21. The minimum Gasteiger partial charge on any atom is -0.458 e. The standard InChI is InChI=1S/C16H21N3O2/c1-3-4-8-15(10-14-7-5-6-9-17-14)21-16(20)13-11-18-19(2)12-13/h5-7,9,11-12,15H,3-4,8,10H2,1-2H3/t15-/m0/s1. The molecule has 5 nitrogen and oxygen atoms in total. The lowest BCUT2D eigenvalue weighted by Gasteiger charge is -2.17. The third-order valence-corrected chi connectivity index (χ3v) is 3.26. The first-order valence-corrected chi connectivity index (χ1v) is 7.28. The lowest BCUT2D eigenvalue weighted by atomic mass is 10.1. The molecule has 0 amide bonds. The molecule has 0 aromatic carbocycles. The summed E-state index contributed by atoms with van der Waals surface area (Å²) in [5.74, 6) is -0.319. The van der Waals surface area contributed by atoms with Crippen LogP contribution in [-0.4, -0.2) is 26.8 Å². The Hall–Kier alpha value is -2.17. The number of pyridine rings is 1. The number of aryl methyl sites for hydroxylation is 1. The normalized spacial score (nSPS) is 12.1. The Morgan fingerprint density at radius 2 is 2.29 bits per heavy atom. The molecule has 0 aliphatic heterocycles. The molecule has 21 heavy (non-hydrogen) atoms. The van der Waals surface area contributed by atoms with Gasteiger partial charge in [-0.3, -0.25) is 9.67 Å². The highest BCUT2D eigenvalue weighted by molar-refractivity contribution is 5.88. The highest BCUT2D eigenvalue weighted by Gasteiger charge is 2.18. The van der Waals surface area contributed by atoms with Gasteiger partial charge in [-0.05, 0) is 18.6 Å². The predicted molar refractivity (Wildman–Crippen MR) is 79.9 cm³/mol. The van der Waals surface area contributed by atoms with E-state index in [-0.39, 0.29) is 12.1 Å². The second-order valence-corrected chi connectivity index (χ2v) is 5.10. The molecule has 0 saturated carbocycles. The number of carbonyl (C=O) groups excluding carboxylic acids is 1. The van der Waals surface area contributed by atoms with Crippen LogP contribution in [0.5, 0.6) is 0 Å². The highest BCUT2D eigenvalue weighted by atomic mass is 16.5. The van der Waals surface area contributed by atoms with Crippen LogP contribution in [0.2, 0.25) is 0 Å². The molecule has 0 saturated heterocycles. The van der Waals surface area contributed by atoms with Gasteiger partial charge in [-0.2, -0.15) is 5.10 Å². The number of aromatic nitrogens is 3. The molecule has 5 heteroatoms. The summed E-state index contributed by atoms with van der Waals surface area (Å²) in [7, 11) is 1.78. The van der Waals surface area contributed by atoms with Crippen molar-refractivity contribution in [3.05, 3.63) is 48.0 Å². The number of hydrogen-bond acceptors (Lipinski definition) is 4. The molecule has 0 aliphatic rings. The average Bonchev–Trinajstić information content (AvgIpc) is 2.92. The minimum absolute atomic E-state index is 0.146. The molecule has 112 valence electrons. The quantitative estimate of drug-likeness (QED) is 0.735. The maximum absolute atomic E-state index is 12.1. The zero-order chi connectivity index (χ0) is 15.1. The summed E-state index contributed by atoms with van der Waals surface area (Å²) < 4.78 is 7.22. The van der Waals surface area contributed by atoms with Gasteiger partial charge in [-0.15, -0.1) is 0 Å². The molecular weight excluding hydrogens is 266 g/mol. The maximum atomic E-state index is 12.1. The van der Waals surface area contributed by atoms with Crippen molar-refractivity contribution in [2.75, 3.05) is 0 Å². The van der Waals surface area contributed by atoms with Crippen LogP contribution in [0, 0.1) is 0 Å². The van der Waals surface area contributed by atoms with Crippen molar-refractivity contribution in [3.8, 4) is 0 Å². The fourth-order valence-corrected chi connectivity index (χ4v) is 2.13. The molecule has 0 bridgehead atoms. The van der Waals surface area contributed by atoms with Crippen molar-refractivity contribution in [2.24, 2.45) is 7.05 Å². The number of ether oxygens (including phenoxy) is 1. The summed E-state index contributed by atoms with van der Waals surface area (Å²) >= 11 is 0. The Morgan fingerprint density at radius 1 is 1.43 bits per heavy atom. The van der Waals surface area contributed by atoms with Gasteiger partial charge in [0.05, 0.1) is 11.8 Å². The van der Waals surface area contributed by atoms with Crippen molar-refractivity contribution >= 4 is 5.97 Å². The van der Waals surface area contributed by atoms with Gasteiger partial charge in [0.15, 0.2) is 0 Å². The smallest absolute Gasteiger partial charge is 0.341 e. The molecule has 2 aromatic rings. The van der Waals surface area contributed by atoms with Gasteiger partial charge < -0.3 is 4.74 Å². The van der Waals surface area contributed by atoms with Gasteiger partial charge in [0, 0.05) is 31.6 Å². The van der Waals surface area contributed by atoms with Crippen LogP contribution in [-0.2, 0) is 18.2 Å². The average molecular weight is 287 g/mol. The van der Waals surface area contributed by atoms with Crippen molar-refractivity contribution in [1.29, 1.82) is 0 Å². The summed E-state index contributed by atoms with van der Waals surface area (Å²) in [6.07, 6.45) is 8.40. The van der Waals surface area contributed by atoms with E-state index < -0.39 is 0 Å².